The van der Waals surface area contributed by atoms with Crippen molar-refractivity contribution in [3.8, 4) is 0 Å². The van der Waals surface area contributed by atoms with E-state index >= 15 is 0 Å². The molecule has 2 heterocycles. The summed E-state index contributed by atoms with van der Waals surface area (Å²) in [5, 5.41) is 12.1. The average Bonchev–Trinajstić information content (AvgIpc) is 2.52. The lowest BCUT2D eigenvalue weighted by atomic mass is 9.94. The Morgan fingerprint density at radius 2 is 2.10 bits per heavy atom. The Morgan fingerprint density at radius 3 is 2.75 bits per heavy atom. The van der Waals surface area contributed by atoms with Crippen LogP contribution in [0.5, 0.6) is 0 Å². The van der Waals surface area contributed by atoms with Crippen LogP contribution >= 0.6 is 0 Å². The molecule has 1 amide bonds. The van der Waals surface area contributed by atoms with Crippen molar-refractivity contribution in [1.82, 2.24) is 10.2 Å². The number of amides is 1. The molecule has 0 aliphatic carbocycles. The molecule has 2 aliphatic heterocycles. The summed E-state index contributed by atoms with van der Waals surface area (Å²) >= 11 is 0. The molecular weight excluding hydrogens is 256 g/mol. The van der Waals surface area contributed by atoms with Crippen molar-refractivity contribution >= 4 is 5.91 Å². The number of aliphatic hydroxyl groups excluding tert-OH is 1. The minimum Gasteiger partial charge on any atom is -0.394 e. The fourth-order valence-corrected chi connectivity index (χ4v) is 3.15. The summed E-state index contributed by atoms with van der Waals surface area (Å²) < 4.78 is 5.52. The van der Waals surface area contributed by atoms with Crippen molar-refractivity contribution in [2.75, 3.05) is 39.4 Å². The van der Waals surface area contributed by atoms with Crippen LogP contribution in [0.1, 0.15) is 38.5 Å². The lowest BCUT2D eigenvalue weighted by molar-refractivity contribution is -0.134. The summed E-state index contributed by atoms with van der Waals surface area (Å²) in [5.74, 6) is 0.981. The van der Waals surface area contributed by atoms with E-state index in [0.717, 1.165) is 45.4 Å². The van der Waals surface area contributed by atoms with E-state index in [-0.39, 0.29) is 12.7 Å². The fourth-order valence-electron chi connectivity index (χ4n) is 3.15. The van der Waals surface area contributed by atoms with Crippen LogP contribution in [0.3, 0.4) is 0 Å². The largest absolute Gasteiger partial charge is 0.394 e. The zero-order chi connectivity index (χ0) is 14.2. The molecule has 0 spiro atoms. The zero-order valence-electron chi connectivity index (χ0n) is 12.4. The number of ether oxygens (including phenoxy) is 1. The minimum atomic E-state index is 0.0779. The first-order valence-corrected chi connectivity index (χ1v) is 8.00. The lowest BCUT2D eigenvalue weighted by Gasteiger charge is -2.32. The second kappa shape index (κ2) is 8.60. The number of nitrogens with zero attached hydrogens (tertiary/aromatic N) is 1. The van der Waals surface area contributed by atoms with Crippen molar-refractivity contribution in [2.45, 2.75) is 44.6 Å². The summed E-state index contributed by atoms with van der Waals surface area (Å²) in [5.41, 5.74) is 0. The van der Waals surface area contributed by atoms with E-state index in [2.05, 4.69) is 5.32 Å². The standard InChI is InChI=1S/C15H28N2O3/c18-10-11-20-14-5-8-17(9-6-14)15(19)4-3-13-2-1-7-16-12-13/h13-14,16,18H,1-12H2. The maximum absolute atomic E-state index is 12.2. The topological polar surface area (TPSA) is 61.8 Å². The molecule has 1 atom stereocenters. The van der Waals surface area contributed by atoms with E-state index in [1.807, 2.05) is 4.90 Å². The zero-order valence-corrected chi connectivity index (χ0v) is 12.4. The van der Waals surface area contributed by atoms with E-state index in [1.54, 1.807) is 0 Å². The van der Waals surface area contributed by atoms with Crippen molar-refractivity contribution in [1.29, 1.82) is 0 Å². The van der Waals surface area contributed by atoms with Gasteiger partial charge in [0.2, 0.25) is 5.91 Å². The van der Waals surface area contributed by atoms with Gasteiger partial charge in [0, 0.05) is 19.5 Å². The molecule has 5 heteroatoms. The summed E-state index contributed by atoms with van der Waals surface area (Å²) in [7, 11) is 0. The molecule has 0 bridgehead atoms. The van der Waals surface area contributed by atoms with Gasteiger partial charge in [-0.3, -0.25) is 4.79 Å². The summed E-state index contributed by atoms with van der Waals surface area (Å²) in [4.78, 5) is 14.2. The molecule has 5 nitrogen and oxygen atoms in total. The summed E-state index contributed by atoms with van der Waals surface area (Å²) in [6.07, 6.45) is 6.23. The van der Waals surface area contributed by atoms with Gasteiger partial charge in [-0.1, -0.05) is 0 Å². The third kappa shape index (κ3) is 5.04. The van der Waals surface area contributed by atoms with Crippen molar-refractivity contribution in [3.63, 3.8) is 0 Å². The molecule has 1 unspecified atom stereocenters. The average molecular weight is 284 g/mol. The molecule has 116 valence electrons. The maximum Gasteiger partial charge on any atom is 0.222 e. The highest BCUT2D eigenvalue weighted by molar-refractivity contribution is 5.76. The first-order valence-electron chi connectivity index (χ1n) is 8.00. The molecule has 0 radical (unpaired) electrons. The number of likely N-dealkylation sites (tertiary alicyclic amines) is 1. The number of nitrogens with one attached hydrogen (secondary N) is 1. The highest BCUT2D eigenvalue weighted by Crippen LogP contribution is 2.19. The Morgan fingerprint density at radius 1 is 1.30 bits per heavy atom. The molecule has 2 fully saturated rings. The number of rotatable bonds is 6. The molecule has 20 heavy (non-hydrogen) atoms. The van der Waals surface area contributed by atoms with Gasteiger partial charge in [0.1, 0.15) is 0 Å². The van der Waals surface area contributed by atoms with Gasteiger partial charge in [-0.25, -0.2) is 0 Å². The summed E-state index contributed by atoms with van der Waals surface area (Å²) in [6.45, 7) is 4.30. The highest BCUT2D eigenvalue weighted by Gasteiger charge is 2.23. The Kier molecular flexibility index (Phi) is 6.76. The molecule has 0 saturated carbocycles. The van der Waals surface area contributed by atoms with E-state index in [4.69, 9.17) is 9.84 Å². The van der Waals surface area contributed by atoms with Gasteiger partial charge in [-0.05, 0) is 51.1 Å². The van der Waals surface area contributed by atoms with Gasteiger partial charge in [0.25, 0.3) is 0 Å². The molecule has 2 aliphatic rings. The lowest BCUT2D eigenvalue weighted by Crippen LogP contribution is -2.41. The first-order chi connectivity index (χ1) is 9.79. The van der Waals surface area contributed by atoms with Gasteiger partial charge < -0.3 is 20.1 Å². The quantitative estimate of drug-likeness (QED) is 0.756. The maximum atomic E-state index is 12.2. The number of carbonyl (C=O) groups is 1. The van der Waals surface area contributed by atoms with Crippen LogP contribution in [0.15, 0.2) is 0 Å². The molecule has 2 saturated heterocycles. The van der Waals surface area contributed by atoms with E-state index < -0.39 is 0 Å². The van der Waals surface area contributed by atoms with Crippen LogP contribution in [0, 0.1) is 5.92 Å². The SMILES string of the molecule is O=C(CCC1CCCNC1)N1CCC(OCCO)CC1. The van der Waals surface area contributed by atoms with Gasteiger partial charge in [-0.15, -0.1) is 0 Å². The van der Waals surface area contributed by atoms with Gasteiger partial charge in [0.15, 0.2) is 0 Å². The normalized spacial score (nSPS) is 24.9. The number of aliphatic hydroxyl groups is 1. The molecule has 2 N–H and O–H groups in total. The number of hydrogen-bond donors (Lipinski definition) is 2. The van der Waals surface area contributed by atoms with Crippen molar-refractivity contribution in [2.24, 2.45) is 5.92 Å². The third-order valence-corrected chi connectivity index (χ3v) is 4.40. The Balaban J connectivity index is 1.61. The number of hydrogen-bond acceptors (Lipinski definition) is 4. The predicted molar refractivity (Wildman–Crippen MR) is 77.5 cm³/mol. The molecule has 0 aromatic carbocycles. The van der Waals surface area contributed by atoms with Gasteiger partial charge in [0.05, 0.1) is 19.3 Å². The van der Waals surface area contributed by atoms with Crippen LogP contribution in [0.25, 0.3) is 0 Å². The minimum absolute atomic E-state index is 0.0779. The second-order valence-corrected chi connectivity index (χ2v) is 5.93. The number of carbonyl (C=O) groups excluding carboxylic acids is 1. The molecule has 2 rings (SSSR count). The first kappa shape index (κ1) is 15.7. The molecule has 0 aromatic rings. The van der Waals surface area contributed by atoms with Crippen molar-refractivity contribution in [3.05, 3.63) is 0 Å². The van der Waals surface area contributed by atoms with Crippen LogP contribution in [0.2, 0.25) is 0 Å². The van der Waals surface area contributed by atoms with Crippen LogP contribution in [0.4, 0.5) is 0 Å². The van der Waals surface area contributed by atoms with Crippen molar-refractivity contribution < 1.29 is 14.6 Å². The summed E-state index contributed by atoms with van der Waals surface area (Å²) in [6, 6.07) is 0. The Bertz CT molecular complexity index is 285. The van der Waals surface area contributed by atoms with Crippen LogP contribution in [-0.2, 0) is 9.53 Å². The third-order valence-electron chi connectivity index (χ3n) is 4.40. The fraction of sp³-hybridized carbons (Fsp3) is 0.933. The Labute approximate surface area is 121 Å². The highest BCUT2D eigenvalue weighted by atomic mass is 16.5. The van der Waals surface area contributed by atoms with E-state index in [9.17, 15) is 4.79 Å². The van der Waals surface area contributed by atoms with E-state index in [0.29, 0.717) is 24.9 Å². The number of piperidine rings is 2. The second-order valence-electron chi connectivity index (χ2n) is 5.93. The molecular formula is C15H28N2O3. The predicted octanol–water partition coefficient (Wildman–Crippen LogP) is 0.766. The van der Waals surface area contributed by atoms with Crippen LogP contribution in [-0.4, -0.2) is 61.4 Å². The van der Waals surface area contributed by atoms with Gasteiger partial charge >= 0.3 is 0 Å². The van der Waals surface area contributed by atoms with E-state index in [1.165, 1.54) is 12.8 Å². The Hall–Kier alpha value is -0.650. The van der Waals surface area contributed by atoms with Gasteiger partial charge in [-0.2, -0.15) is 0 Å². The molecule has 0 aromatic heterocycles. The van der Waals surface area contributed by atoms with Crippen LogP contribution < -0.4 is 5.32 Å². The smallest absolute Gasteiger partial charge is 0.222 e. The monoisotopic (exact) mass is 284 g/mol.